The van der Waals surface area contributed by atoms with Crippen LogP contribution in [-0.4, -0.2) is 45.4 Å². The van der Waals surface area contributed by atoms with E-state index in [1.807, 2.05) is 42.5 Å². The largest absolute Gasteiger partial charge is 0.342 e. The molecule has 26 heavy (non-hydrogen) atoms. The molecule has 1 aromatic heterocycles. The number of fused-ring (bicyclic) bond motifs is 3. The average molecular weight is 366 g/mol. The van der Waals surface area contributed by atoms with Crippen molar-refractivity contribution in [3.8, 4) is 5.69 Å². The number of amides is 1. The fourth-order valence-corrected chi connectivity index (χ4v) is 3.06. The minimum atomic E-state index is -0.242. The van der Waals surface area contributed by atoms with Crippen LogP contribution in [0.5, 0.6) is 0 Å². The Morgan fingerprint density at radius 2 is 1.92 bits per heavy atom. The number of halogens is 1. The molecular formula is C19H16ClN5O. The van der Waals surface area contributed by atoms with Crippen molar-refractivity contribution in [2.45, 2.75) is 6.54 Å². The molecule has 7 heteroatoms. The van der Waals surface area contributed by atoms with Gasteiger partial charge in [-0.3, -0.25) is 9.79 Å². The summed E-state index contributed by atoms with van der Waals surface area (Å²) < 4.78 is 1.68. The molecular weight excluding hydrogens is 350 g/mol. The third-order valence-electron chi connectivity index (χ3n) is 4.14. The molecule has 4 rings (SSSR count). The molecule has 0 fully saturated rings. The van der Waals surface area contributed by atoms with E-state index in [1.165, 1.54) is 4.90 Å². The van der Waals surface area contributed by atoms with Crippen LogP contribution in [0.1, 0.15) is 27.6 Å². The summed E-state index contributed by atoms with van der Waals surface area (Å²) in [7, 11) is 3.35. The zero-order valence-electron chi connectivity index (χ0n) is 14.3. The second-order valence-corrected chi connectivity index (χ2v) is 6.59. The molecule has 130 valence electrons. The van der Waals surface area contributed by atoms with Crippen LogP contribution in [0.4, 0.5) is 0 Å². The third kappa shape index (κ3) is 2.78. The molecule has 0 unspecified atom stereocenters. The highest BCUT2D eigenvalue weighted by Gasteiger charge is 2.24. The summed E-state index contributed by atoms with van der Waals surface area (Å²) >= 11 is 6.25. The maximum absolute atomic E-state index is 12.2. The molecule has 0 N–H and O–H groups in total. The molecule has 2 aromatic carbocycles. The van der Waals surface area contributed by atoms with E-state index in [4.69, 9.17) is 16.6 Å². The lowest BCUT2D eigenvalue weighted by Gasteiger charge is -2.11. The van der Waals surface area contributed by atoms with Crippen molar-refractivity contribution in [1.29, 1.82) is 0 Å². The minimum Gasteiger partial charge on any atom is -0.342 e. The molecule has 1 aliphatic rings. The van der Waals surface area contributed by atoms with Gasteiger partial charge in [0.2, 0.25) is 5.82 Å². The molecule has 1 aliphatic heterocycles. The third-order valence-corrected chi connectivity index (χ3v) is 4.37. The van der Waals surface area contributed by atoms with Crippen LogP contribution in [0, 0.1) is 0 Å². The average Bonchev–Trinajstić information content (AvgIpc) is 3.00. The van der Waals surface area contributed by atoms with Crippen molar-refractivity contribution in [3.05, 3.63) is 76.3 Å². The predicted molar refractivity (Wildman–Crippen MR) is 100 cm³/mol. The van der Waals surface area contributed by atoms with Crippen LogP contribution in [0.2, 0.25) is 5.02 Å². The molecule has 6 nitrogen and oxygen atoms in total. The summed E-state index contributed by atoms with van der Waals surface area (Å²) in [6, 6.07) is 15.5. The predicted octanol–water partition coefficient (Wildman–Crippen LogP) is 2.97. The highest BCUT2D eigenvalue weighted by molar-refractivity contribution is 6.31. The van der Waals surface area contributed by atoms with Gasteiger partial charge in [0.15, 0.2) is 5.82 Å². The van der Waals surface area contributed by atoms with E-state index in [2.05, 4.69) is 10.1 Å². The van der Waals surface area contributed by atoms with Crippen LogP contribution in [0.3, 0.4) is 0 Å². The number of carbonyl (C=O) groups excluding carboxylic acids is 1. The van der Waals surface area contributed by atoms with E-state index in [0.717, 1.165) is 22.5 Å². The van der Waals surface area contributed by atoms with Gasteiger partial charge in [-0.1, -0.05) is 41.9 Å². The summed E-state index contributed by atoms with van der Waals surface area (Å²) in [5, 5.41) is 5.04. The molecule has 2 heterocycles. The van der Waals surface area contributed by atoms with Crippen molar-refractivity contribution in [2.75, 3.05) is 14.1 Å². The van der Waals surface area contributed by atoms with Crippen LogP contribution in [0.25, 0.3) is 5.69 Å². The number of hydrogen-bond acceptors (Lipinski definition) is 4. The molecule has 0 radical (unpaired) electrons. The Balaban J connectivity index is 1.91. The summed E-state index contributed by atoms with van der Waals surface area (Å²) in [4.78, 5) is 22.8. The summed E-state index contributed by atoms with van der Waals surface area (Å²) in [6.45, 7) is 0.324. The Labute approximate surface area is 155 Å². The molecule has 0 saturated carbocycles. The molecule has 0 aliphatic carbocycles. The van der Waals surface area contributed by atoms with Crippen LogP contribution in [-0.2, 0) is 6.54 Å². The SMILES string of the molecule is CN(C)C(=O)c1nc2n(n1)-c1ccc(Cl)cc1C(c1ccccc1)=NC2. The van der Waals surface area contributed by atoms with Crippen molar-refractivity contribution >= 4 is 23.2 Å². The lowest BCUT2D eigenvalue weighted by Crippen LogP contribution is -2.23. The maximum atomic E-state index is 12.2. The lowest BCUT2D eigenvalue weighted by atomic mass is 10.0. The Hall–Kier alpha value is -2.99. The number of aliphatic imine (C=N–C) groups is 1. The zero-order valence-corrected chi connectivity index (χ0v) is 15.1. The summed E-state index contributed by atoms with van der Waals surface area (Å²) in [5.74, 6) is 0.530. The number of hydrogen-bond donors (Lipinski definition) is 0. The van der Waals surface area contributed by atoms with E-state index in [1.54, 1.807) is 24.8 Å². The highest BCUT2D eigenvalue weighted by atomic mass is 35.5. The second kappa shape index (κ2) is 6.38. The standard InChI is InChI=1S/C19H16ClN5O/c1-24(2)19(26)18-22-16-11-21-17(12-6-4-3-5-7-12)14-10-13(20)8-9-15(14)25(16)23-18/h3-10H,11H2,1-2H3. The number of aromatic nitrogens is 3. The van der Waals surface area contributed by atoms with Gasteiger partial charge in [-0.2, -0.15) is 0 Å². The monoisotopic (exact) mass is 365 g/mol. The molecule has 0 bridgehead atoms. The van der Waals surface area contributed by atoms with Gasteiger partial charge in [-0.25, -0.2) is 9.67 Å². The molecule has 3 aromatic rings. The molecule has 0 saturated heterocycles. The number of carbonyl (C=O) groups is 1. The van der Waals surface area contributed by atoms with E-state index in [0.29, 0.717) is 17.4 Å². The first-order chi connectivity index (χ1) is 12.5. The Morgan fingerprint density at radius 3 is 2.65 bits per heavy atom. The number of rotatable bonds is 2. The van der Waals surface area contributed by atoms with E-state index in [9.17, 15) is 4.79 Å². The topological polar surface area (TPSA) is 63.4 Å². The van der Waals surface area contributed by atoms with Gasteiger partial charge in [-0.15, -0.1) is 5.10 Å². The van der Waals surface area contributed by atoms with Gasteiger partial charge in [0.05, 0.1) is 17.9 Å². The van der Waals surface area contributed by atoms with E-state index < -0.39 is 0 Å². The first-order valence-electron chi connectivity index (χ1n) is 8.12. The van der Waals surface area contributed by atoms with E-state index >= 15 is 0 Å². The smallest absolute Gasteiger partial charge is 0.293 e. The normalized spacial score (nSPS) is 12.7. The van der Waals surface area contributed by atoms with Gasteiger partial charge < -0.3 is 4.90 Å². The Bertz CT molecular complexity index is 1020. The zero-order chi connectivity index (χ0) is 18.3. The van der Waals surface area contributed by atoms with Crippen molar-refractivity contribution < 1.29 is 4.79 Å². The lowest BCUT2D eigenvalue weighted by molar-refractivity contribution is 0.0816. The van der Waals surface area contributed by atoms with Crippen molar-refractivity contribution in [1.82, 2.24) is 19.7 Å². The van der Waals surface area contributed by atoms with Crippen molar-refractivity contribution in [3.63, 3.8) is 0 Å². The minimum absolute atomic E-state index is 0.157. The van der Waals surface area contributed by atoms with E-state index in [-0.39, 0.29) is 11.7 Å². The van der Waals surface area contributed by atoms with Gasteiger partial charge in [0, 0.05) is 30.2 Å². The van der Waals surface area contributed by atoms with Gasteiger partial charge in [0.1, 0.15) is 0 Å². The van der Waals surface area contributed by atoms with Crippen LogP contribution in [0.15, 0.2) is 53.5 Å². The summed E-state index contributed by atoms with van der Waals surface area (Å²) in [6.07, 6.45) is 0. The molecule has 1 amide bonds. The second-order valence-electron chi connectivity index (χ2n) is 6.16. The van der Waals surface area contributed by atoms with Gasteiger partial charge in [0.25, 0.3) is 5.91 Å². The summed E-state index contributed by atoms with van der Waals surface area (Å²) in [5.41, 5.74) is 3.48. The maximum Gasteiger partial charge on any atom is 0.293 e. The quantitative estimate of drug-likeness (QED) is 0.701. The van der Waals surface area contributed by atoms with Crippen LogP contribution < -0.4 is 0 Å². The first kappa shape index (κ1) is 16.5. The molecule has 0 atom stereocenters. The van der Waals surface area contributed by atoms with Crippen molar-refractivity contribution in [2.24, 2.45) is 4.99 Å². The molecule has 0 spiro atoms. The van der Waals surface area contributed by atoms with Gasteiger partial charge >= 0.3 is 0 Å². The fraction of sp³-hybridized carbons (Fsp3) is 0.158. The fourth-order valence-electron chi connectivity index (χ4n) is 2.89. The first-order valence-corrected chi connectivity index (χ1v) is 8.50. The highest BCUT2D eigenvalue weighted by Crippen LogP contribution is 2.27. The Morgan fingerprint density at radius 1 is 1.15 bits per heavy atom. The number of benzene rings is 2. The number of nitrogens with zero attached hydrogens (tertiary/aromatic N) is 5. The van der Waals surface area contributed by atoms with Crippen LogP contribution >= 0.6 is 11.6 Å². The Kier molecular flexibility index (Phi) is 4.05. The van der Waals surface area contributed by atoms with Gasteiger partial charge in [-0.05, 0) is 18.2 Å².